The first kappa shape index (κ1) is 16.2. The zero-order valence-corrected chi connectivity index (χ0v) is 13.1. The molecule has 3 N–H and O–H groups in total. The average molecular weight is 347 g/mol. The van der Waals surface area contributed by atoms with Crippen LogP contribution in [-0.4, -0.2) is 19.0 Å². The number of aliphatic imine (C=N–C) groups is 1. The van der Waals surface area contributed by atoms with Crippen molar-refractivity contribution in [2.75, 3.05) is 13.1 Å². The third-order valence-electron chi connectivity index (χ3n) is 2.50. The highest BCUT2D eigenvalue weighted by molar-refractivity contribution is 14.0. The fourth-order valence-electron chi connectivity index (χ4n) is 1.55. The van der Waals surface area contributed by atoms with Gasteiger partial charge in [-0.1, -0.05) is 36.8 Å². The highest BCUT2D eigenvalue weighted by Crippen LogP contribution is 2.16. The van der Waals surface area contributed by atoms with Gasteiger partial charge in [0.1, 0.15) is 0 Å². The molecule has 96 valence electrons. The van der Waals surface area contributed by atoms with E-state index in [1.54, 1.807) is 0 Å². The van der Waals surface area contributed by atoms with Crippen molar-refractivity contribution in [3.63, 3.8) is 0 Å². The number of benzene rings is 1. The number of nitrogens with zero attached hydrogens (tertiary/aromatic N) is 1. The molecular weight excluding hydrogens is 325 g/mol. The summed E-state index contributed by atoms with van der Waals surface area (Å²) in [5, 5.41) is 2.99. The Morgan fingerprint density at radius 3 is 2.76 bits per heavy atom. The van der Waals surface area contributed by atoms with Crippen molar-refractivity contribution in [2.24, 2.45) is 10.7 Å². The molecule has 0 saturated heterocycles. The van der Waals surface area contributed by atoms with E-state index in [1.807, 2.05) is 6.92 Å². The molecule has 0 aromatic heterocycles. The molecule has 0 radical (unpaired) electrons. The van der Waals surface area contributed by atoms with Crippen LogP contribution >= 0.6 is 24.0 Å². The molecule has 0 heterocycles. The quantitative estimate of drug-likeness (QED) is 0.500. The molecule has 1 atom stereocenters. The second-order valence-electron chi connectivity index (χ2n) is 4.07. The summed E-state index contributed by atoms with van der Waals surface area (Å²) in [6, 6.07) is 8.52. The number of nitrogens with one attached hydrogen (secondary N) is 1. The van der Waals surface area contributed by atoms with E-state index in [0.717, 1.165) is 13.1 Å². The maximum atomic E-state index is 5.68. The third kappa shape index (κ3) is 5.91. The Labute approximate surface area is 121 Å². The molecular formula is C13H22IN3. The largest absolute Gasteiger partial charge is 0.370 e. The number of hydrogen-bond donors (Lipinski definition) is 2. The van der Waals surface area contributed by atoms with Gasteiger partial charge in [-0.05, 0) is 19.4 Å². The van der Waals surface area contributed by atoms with Gasteiger partial charge in [-0.3, -0.25) is 4.99 Å². The highest BCUT2D eigenvalue weighted by Gasteiger charge is 2.04. The van der Waals surface area contributed by atoms with Crippen LogP contribution in [0.4, 0.5) is 0 Å². The van der Waals surface area contributed by atoms with Crippen molar-refractivity contribution >= 4 is 29.9 Å². The lowest BCUT2D eigenvalue weighted by atomic mass is 10.00. The standard InChI is InChI=1S/C13H21N3.HI/c1-4-15-13(14)16-9-11(3)12-7-5-6-10(2)8-12;/h5-8,11H,4,9H2,1-3H3,(H3,14,15,16);1H. The third-order valence-corrected chi connectivity index (χ3v) is 2.50. The van der Waals surface area contributed by atoms with Gasteiger partial charge in [0.05, 0.1) is 0 Å². The van der Waals surface area contributed by atoms with Gasteiger partial charge in [-0.25, -0.2) is 0 Å². The van der Waals surface area contributed by atoms with Crippen molar-refractivity contribution in [2.45, 2.75) is 26.7 Å². The molecule has 1 rings (SSSR count). The molecule has 0 amide bonds. The molecule has 0 fully saturated rings. The van der Waals surface area contributed by atoms with E-state index >= 15 is 0 Å². The minimum Gasteiger partial charge on any atom is -0.370 e. The van der Waals surface area contributed by atoms with Crippen LogP contribution in [0, 0.1) is 6.92 Å². The number of guanidine groups is 1. The second kappa shape index (κ2) is 8.33. The number of hydrogen-bond acceptors (Lipinski definition) is 1. The van der Waals surface area contributed by atoms with Crippen molar-refractivity contribution in [3.8, 4) is 0 Å². The number of aryl methyl sites for hydroxylation is 1. The van der Waals surface area contributed by atoms with E-state index in [0.29, 0.717) is 11.9 Å². The molecule has 4 heteroatoms. The monoisotopic (exact) mass is 347 g/mol. The minimum atomic E-state index is 0. The molecule has 1 aromatic rings. The highest BCUT2D eigenvalue weighted by atomic mass is 127. The van der Waals surface area contributed by atoms with Crippen LogP contribution in [0.3, 0.4) is 0 Å². The van der Waals surface area contributed by atoms with E-state index in [9.17, 15) is 0 Å². The smallest absolute Gasteiger partial charge is 0.188 e. The fourth-order valence-corrected chi connectivity index (χ4v) is 1.55. The van der Waals surface area contributed by atoms with Crippen LogP contribution in [-0.2, 0) is 0 Å². The molecule has 0 aliphatic carbocycles. The van der Waals surface area contributed by atoms with Gasteiger partial charge in [0.25, 0.3) is 0 Å². The van der Waals surface area contributed by atoms with E-state index < -0.39 is 0 Å². The summed E-state index contributed by atoms with van der Waals surface area (Å²) in [7, 11) is 0. The maximum Gasteiger partial charge on any atom is 0.188 e. The first-order chi connectivity index (χ1) is 7.63. The lowest BCUT2D eigenvalue weighted by Gasteiger charge is -2.10. The molecule has 0 aliphatic rings. The zero-order valence-electron chi connectivity index (χ0n) is 10.7. The molecule has 0 saturated carbocycles. The molecule has 0 aliphatic heterocycles. The van der Waals surface area contributed by atoms with Crippen molar-refractivity contribution in [3.05, 3.63) is 35.4 Å². The lowest BCUT2D eigenvalue weighted by molar-refractivity contribution is 0.766. The lowest BCUT2D eigenvalue weighted by Crippen LogP contribution is -2.31. The summed E-state index contributed by atoms with van der Waals surface area (Å²) in [4.78, 5) is 4.30. The zero-order chi connectivity index (χ0) is 12.0. The van der Waals surface area contributed by atoms with Gasteiger partial charge in [-0.2, -0.15) is 0 Å². The number of nitrogens with two attached hydrogens (primary N) is 1. The van der Waals surface area contributed by atoms with Crippen molar-refractivity contribution in [1.29, 1.82) is 0 Å². The first-order valence-corrected chi connectivity index (χ1v) is 5.73. The van der Waals surface area contributed by atoms with Gasteiger partial charge >= 0.3 is 0 Å². The van der Waals surface area contributed by atoms with Gasteiger partial charge < -0.3 is 11.1 Å². The Bertz CT molecular complexity index is 363. The maximum absolute atomic E-state index is 5.68. The molecule has 0 spiro atoms. The predicted molar refractivity (Wildman–Crippen MR) is 85.2 cm³/mol. The van der Waals surface area contributed by atoms with Gasteiger partial charge in [-0.15, -0.1) is 24.0 Å². The average Bonchev–Trinajstić information content (AvgIpc) is 2.26. The summed E-state index contributed by atoms with van der Waals surface area (Å²) >= 11 is 0. The Balaban J connectivity index is 0.00000256. The van der Waals surface area contributed by atoms with Crippen molar-refractivity contribution in [1.82, 2.24) is 5.32 Å². The Hall–Kier alpha value is -0.780. The van der Waals surface area contributed by atoms with Gasteiger partial charge in [0.15, 0.2) is 5.96 Å². The van der Waals surface area contributed by atoms with Crippen LogP contribution in [0.5, 0.6) is 0 Å². The predicted octanol–water partition coefficient (Wildman–Crippen LogP) is 2.64. The summed E-state index contributed by atoms with van der Waals surface area (Å²) < 4.78 is 0. The van der Waals surface area contributed by atoms with Crippen LogP contribution in [0.1, 0.15) is 30.9 Å². The van der Waals surface area contributed by atoms with Crippen LogP contribution in [0.25, 0.3) is 0 Å². The Kier molecular flexibility index (Phi) is 7.95. The molecule has 1 unspecified atom stereocenters. The number of halogens is 1. The molecule has 1 aromatic carbocycles. The minimum absolute atomic E-state index is 0. The summed E-state index contributed by atoms with van der Waals surface area (Å²) in [6.45, 7) is 7.81. The van der Waals surface area contributed by atoms with Crippen molar-refractivity contribution < 1.29 is 0 Å². The van der Waals surface area contributed by atoms with Crippen LogP contribution in [0.15, 0.2) is 29.3 Å². The topological polar surface area (TPSA) is 50.4 Å². The van der Waals surface area contributed by atoms with Crippen LogP contribution in [0.2, 0.25) is 0 Å². The van der Waals surface area contributed by atoms with Gasteiger partial charge in [0, 0.05) is 19.0 Å². The summed E-state index contributed by atoms with van der Waals surface area (Å²) in [5.74, 6) is 0.930. The first-order valence-electron chi connectivity index (χ1n) is 5.73. The second-order valence-corrected chi connectivity index (χ2v) is 4.07. The summed E-state index contributed by atoms with van der Waals surface area (Å²) in [5.41, 5.74) is 8.28. The Morgan fingerprint density at radius 2 is 2.18 bits per heavy atom. The number of rotatable bonds is 4. The molecule has 3 nitrogen and oxygen atoms in total. The molecule has 17 heavy (non-hydrogen) atoms. The van der Waals surface area contributed by atoms with E-state index in [-0.39, 0.29) is 24.0 Å². The molecule has 0 bridgehead atoms. The SMILES string of the molecule is CCNC(N)=NCC(C)c1cccc(C)c1.I. The van der Waals surface area contributed by atoms with Gasteiger partial charge in [0.2, 0.25) is 0 Å². The fraction of sp³-hybridized carbons (Fsp3) is 0.462. The van der Waals surface area contributed by atoms with E-state index in [2.05, 4.69) is 48.4 Å². The van der Waals surface area contributed by atoms with Crippen LogP contribution < -0.4 is 11.1 Å². The van der Waals surface area contributed by atoms with E-state index in [4.69, 9.17) is 5.73 Å². The van der Waals surface area contributed by atoms with E-state index in [1.165, 1.54) is 11.1 Å². The normalized spacial score (nSPS) is 12.8. The summed E-state index contributed by atoms with van der Waals surface area (Å²) in [6.07, 6.45) is 0. The Morgan fingerprint density at radius 1 is 1.47 bits per heavy atom.